The molecule has 0 aliphatic carbocycles. The van der Waals surface area contributed by atoms with Crippen LogP contribution in [0.2, 0.25) is 0 Å². The first-order valence-corrected chi connectivity index (χ1v) is 8.96. The smallest absolute Gasteiger partial charge is 0.360 e. The largest absolute Gasteiger partial charge is 0.497 e. The number of aromatic nitrogens is 2. The highest BCUT2D eigenvalue weighted by Gasteiger charge is 2.18. The molecule has 0 aliphatic heterocycles. The maximum Gasteiger partial charge on any atom is 0.360 e. The van der Waals surface area contributed by atoms with Crippen LogP contribution in [-0.4, -0.2) is 29.5 Å². The molecule has 2 aromatic carbocycles. The highest BCUT2D eigenvalue weighted by atomic mass is 19.1. The molecule has 1 aromatic heterocycles. The third-order valence-electron chi connectivity index (χ3n) is 4.09. The Kier molecular flexibility index (Phi) is 6.23. The van der Waals surface area contributed by atoms with Gasteiger partial charge in [0.25, 0.3) is 5.56 Å². The number of rotatable bonds is 7. The van der Waals surface area contributed by atoms with Crippen molar-refractivity contribution in [2.24, 2.45) is 0 Å². The zero-order valence-electron chi connectivity index (χ0n) is 16.0. The summed E-state index contributed by atoms with van der Waals surface area (Å²) >= 11 is 0. The monoisotopic (exact) mass is 397 g/mol. The number of benzene rings is 2. The van der Waals surface area contributed by atoms with E-state index in [2.05, 4.69) is 10.4 Å². The van der Waals surface area contributed by atoms with Crippen LogP contribution in [-0.2, 0) is 11.3 Å². The predicted octanol–water partition coefficient (Wildman–Crippen LogP) is 3.17. The van der Waals surface area contributed by atoms with E-state index in [9.17, 15) is 14.0 Å². The number of methoxy groups -OCH3 is 1. The number of carbonyl (C=O) groups excluding carboxylic acids is 1. The van der Waals surface area contributed by atoms with Crippen LogP contribution in [0.3, 0.4) is 0 Å². The molecule has 0 atom stereocenters. The van der Waals surface area contributed by atoms with Crippen LogP contribution in [0.15, 0.2) is 59.4 Å². The Hall–Kier alpha value is -3.68. The fourth-order valence-electron chi connectivity index (χ4n) is 2.69. The fraction of sp³-hybridized carbons (Fsp3) is 0.190. The predicted molar refractivity (Wildman–Crippen MR) is 106 cm³/mol. The van der Waals surface area contributed by atoms with Crippen LogP contribution >= 0.6 is 0 Å². The van der Waals surface area contributed by atoms with Crippen LogP contribution in [0.4, 0.5) is 10.1 Å². The molecule has 0 amide bonds. The van der Waals surface area contributed by atoms with Crippen molar-refractivity contribution >= 4 is 11.7 Å². The summed E-state index contributed by atoms with van der Waals surface area (Å²) in [4.78, 5) is 25.0. The minimum absolute atomic E-state index is 0.0429. The van der Waals surface area contributed by atoms with Gasteiger partial charge in [-0.15, -0.1) is 0 Å². The van der Waals surface area contributed by atoms with Gasteiger partial charge >= 0.3 is 5.97 Å². The molecule has 3 aromatic rings. The number of ether oxygens (including phenoxy) is 2. The summed E-state index contributed by atoms with van der Waals surface area (Å²) in [5.41, 5.74) is 0.953. The molecule has 8 heteroatoms. The molecule has 7 nitrogen and oxygen atoms in total. The van der Waals surface area contributed by atoms with Gasteiger partial charge < -0.3 is 14.8 Å². The van der Waals surface area contributed by atoms with Crippen molar-refractivity contribution < 1.29 is 18.7 Å². The third-order valence-corrected chi connectivity index (χ3v) is 4.09. The molecular formula is C21H20FN3O4. The van der Waals surface area contributed by atoms with Crippen molar-refractivity contribution in [2.75, 3.05) is 19.0 Å². The Bertz CT molecular complexity index is 1060. The topological polar surface area (TPSA) is 82.5 Å². The van der Waals surface area contributed by atoms with E-state index in [4.69, 9.17) is 9.47 Å². The molecule has 3 rings (SSSR count). The molecule has 29 heavy (non-hydrogen) atoms. The molecular weight excluding hydrogens is 377 g/mol. The average Bonchev–Trinajstić information content (AvgIpc) is 2.73. The number of anilines is 1. The Labute approximate surface area is 166 Å². The molecule has 0 aliphatic rings. The molecule has 1 heterocycles. The van der Waals surface area contributed by atoms with Crippen molar-refractivity contribution in [1.82, 2.24) is 9.78 Å². The van der Waals surface area contributed by atoms with Gasteiger partial charge in [-0.3, -0.25) is 4.79 Å². The van der Waals surface area contributed by atoms with E-state index in [0.29, 0.717) is 18.0 Å². The minimum Gasteiger partial charge on any atom is -0.497 e. The Morgan fingerprint density at radius 2 is 1.93 bits per heavy atom. The Morgan fingerprint density at radius 3 is 2.62 bits per heavy atom. The summed E-state index contributed by atoms with van der Waals surface area (Å²) in [6.07, 6.45) is 0. The summed E-state index contributed by atoms with van der Waals surface area (Å²) < 4.78 is 24.5. The van der Waals surface area contributed by atoms with Gasteiger partial charge in [0.2, 0.25) is 0 Å². The molecule has 0 radical (unpaired) electrons. The van der Waals surface area contributed by atoms with Crippen molar-refractivity contribution in [2.45, 2.75) is 13.5 Å². The number of nitrogens with one attached hydrogen (secondary N) is 1. The van der Waals surface area contributed by atoms with Crippen LogP contribution in [0.5, 0.6) is 5.75 Å². The zero-order valence-corrected chi connectivity index (χ0v) is 16.0. The summed E-state index contributed by atoms with van der Waals surface area (Å²) in [6, 6.07) is 13.9. The van der Waals surface area contributed by atoms with Gasteiger partial charge in [-0.2, -0.15) is 9.78 Å². The van der Waals surface area contributed by atoms with Gasteiger partial charge in [0, 0.05) is 12.6 Å². The maximum absolute atomic E-state index is 13.2. The van der Waals surface area contributed by atoms with Crippen molar-refractivity contribution in [3.8, 4) is 11.4 Å². The summed E-state index contributed by atoms with van der Waals surface area (Å²) in [5.74, 6) is -0.416. The maximum atomic E-state index is 13.2. The van der Waals surface area contributed by atoms with Crippen LogP contribution < -0.4 is 15.6 Å². The lowest BCUT2D eigenvalue weighted by molar-refractivity contribution is 0.0518. The van der Waals surface area contributed by atoms with E-state index in [0.717, 1.165) is 10.2 Å². The van der Waals surface area contributed by atoms with Gasteiger partial charge in [-0.25, -0.2) is 9.18 Å². The molecule has 0 unspecified atom stereocenters. The first kappa shape index (κ1) is 20.1. The van der Waals surface area contributed by atoms with Crippen molar-refractivity contribution in [3.05, 3.63) is 82.0 Å². The highest BCUT2D eigenvalue weighted by molar-refractivity contribution is 5.93. The number of nitrogens with zero attached hydrogens (tertiary/aromatic N) is 2. The normalized spacial score (nSPS) is 10.4. The van der Waals surface area contributed by atoms with Gasteiger partial charge in [0.05, 0.1) is 25.1 Å². The fourth-order valence-corrected chi connectivity index (χ4v) is 2.69. The highest BCUT2D eigenvalue weighted by Crippen LogP contribution is 2.17. The van der Waals surface area contributed by atoms with Gasteiger partial charge in [0.1, 0.15) is 11.6 Å². The summed E-state index contributed by atoms with van der Waals surface area (Å²) in [5, 5.41) is 7.21. The number of esters is 1. The third kappa shape index (κ3) is 4.78. The Morgan fingerprint density at radius 1 is 1.17 bits per heavy atom. The first-order valence-electron chi connectivity index (χ1n) is 8.96. The SMILES string of the molecule is CCOC(=O)c1nn(-c2ccc(F)cc2)c(=O)cc1NCc1cccc(OC)c1. The molecule has 1 N–H and O–H groups in total. The van der Waals surface area contributed by atoms with E-state index in [1.165, 1.54) is 30.3 Å². The van der Waals surface area contributed by atoms with Crippen molar-refractivity contribution in [3.63, 3.8) is 0 Å². The first-order chi connectivity index (χ1) is 14.0. The van der Waals surface area contributed by atoms with E-state index in [1.807, 2.05) is 24.3 Å². The number of hydrogen-bond acceptors (Lipinski definition) is 6. The zero-order chi connectivity index (χ0) is 20.8. The lowest BCUT2D eigenvalue weighted by Gasteiger charge is -2.13. The lowest BCUT2D eigenvalue weighted by Crippen LogP contribution is -2.26. The number of hydrogen-bond donors (Lipinski definition) is 1. The molecule has 0 fully saturated rings. The second-order valence-corrected chi connectivity index (χ2v) is 6.06. The minimum atomic E-state index is -0.670. The van der Waals surface area contributed by atoms with Crippen LogP contribution in [0.1, 0.15) is 23.0 Å². The molecule has 150 valence electrons. The van der Waals surface area contributed by atoms with E-state index in [-0.39, 0.29) is 18.0 Å². The number of carbonyl (C=O) groups is 1. The molecule has 0 saturated carbocycles. The van der Waals surface area contributed by atoms with Crippen LogP contribution in [0, 0.1) is 5.82 Å². The summed E-state index contributed by atoms with van der Waals surface area (Å²) in [7, 11) is 1.57. The average molecular weight is 397 g/mol. The Balaban J connectivity index is 1.96. The van der Waals surface area contributed by atoms with Crippen LogP contribution in [0.25, 0.3) is 5.69 Å². The van der Waals surface area contributed by atoms with E-state index in [1.54, 1.807) is 14.0 Å². The lowest BCUT2D eigenvalue weighted by atomic mass is 10.2. The summed E-state index contributed by atoms with van der Waals surface area (Å²) in [6.45, 7) is 2.17. The molecule has 0 saturated heterocycles. The van der Waals surface area contributed by atoms with Gasteiger partial charge in [0.15, 0.2) is 5.69 Å². The van der Waals surface area contributed by atoms with Crippen molar-refractivity contribution in [1.29, 1.82) is 0 Å². The number of halogens is 1. The molecule has 0 spiro atoms. The standard InChI is InChI=1S/C21H20FN3O4/c1-3-29-21(27)20-18(23-13-14-5-4-6-17(11-14)28-2)12-19(26)25(24-20)16-9-7-15(22)8-10-16/h4-12,23H,3,13H2,1-2H3. The van der Waals surface area contributed by atoms with E-state index < -0.39 is 17.3 Å². The van der Waals surface area contributed by atoms with Gasteiger partial charge in [-0.1, -0.05) is 12.1 Å². The van der Waals surface area contributed by atoms with Gasteiger partial charge in [-0.05, 0) is 48.9 Å². The molecule has 0 bridgehead atoms. The van der Waals surface area contributed by atoms with E-state index >= 15 is 0 Å². The second kappa shape index (κ2) is 9.01. The quantitative estimate of drug-likeness (QED) is 0.617. The second-order valence-electron chi connectivity index (χ2n) is 6.06.